The number of piperidine rings is 1. The predicted octanol–water partition coefficient (Wildman–Crippen LogP) is 2.19. The Morgan fingerprint density at radius 1 is 1.20 bits per heavy atom. The van der Waals surface area contributed by atoms with Crippen molar-refractivity contribution in [3.8, 4) is 0 Å². The molecule has 0 bridgehead atoms. The molecule has 182 valence electrons. The molecule has 10 nitrogen and oxygen atoms in total. The number of ketones is 1. The lowest BCUT2D eigenvalue weighted by Gasteiger charge is -2.31. The van der Waals surface area contributed by atoms with Crippen molar-refractivity contribution in [2.24, 2.45) is 5.92 Å². The molecule has 11 heteroatoms. The molecule has 1 aliphatic carbocycles. The third kappa shape index (κ3) is 5.24. The van der Waals surface area contributed by atoms with Gasteiger partial charge < -0.3 is 15.5 Å². The fourth-order valence-corrected chi connectivity index (χ4v) is 5.17. The summed E-state index contributed by atoms with van der Waals surface area (Å²) in [5, 5.41) is 6.46. The van der Waals surface area contributed by atoms with Crippen LogP contribution in [0.25, 0.3) is 10.3 Å². The van der Waals surface area contributed by atoms with Crippen LogP contribution in [0, 0.1) is 5.92 Å². The third-order valence-electron chi connectivity index (χ3n) is 6.23. The number of hydrogen-bond donors (Lipinski definition) is 2. The minimum absolute atomic E-state index is 0.0915. The first-order valence-electron chi connectivity index (χ1n) is 11.7. The van der Waals surface area contributed by atoms with Gasteiger partial charge in [0.2, 0.25) is 11.8 Å². The molecule has 2 N–H and O–H groups in total. The third-order valence-corrected chi connectivity index (χ3v) is 7.32. The topological polar surface area (TPSA) is 126 Å². The quantitative estimate of drug-likeness (QED) is 0.482. The average Bonchev–Trinajstić information content (AvgIpc) is 3.55. The van der Waals surface area contributed by atoms with Crippen LogP contribution in [-0.2, 0) is 16.1 Å². The summed E-state index contributed by atoms with van der Waals surface area (Å²) >= 11 is 1.24. The minimum atomic E-state index is -0.403. The minimum Gasteiger partial charge on any atom is -0.353 e. The zero-order valence-electron chi connectivity index (χ0n) is 19.3. The number of hydrogen-bond acceptors (Lipinski definition) is 8. The van der Waals surface area contributed by atoms with Crippen LogP contribution in [0.5, 0.6) is 0 Å². The summed E-state index contributed by atoms with van der Waals surface area (Å²) < 4.78 is 1.62. The maximum Gasteiger partial charge on any atom is 0.273 e. The van der Waals surface area contributed by atoms with E-state index in [9.17, 15) is 19.2 Å². The van der Waals surface area contributed by atoms with Gasteiger partial charge >= 0.3 is 0 Å². The molecule has 3 aromatic rings. The highest BCUT2D eigenvalue weighted by molar-refractivity contribution is 7.22. The SMILES string of the molecule is CC(=O)c1cccc(NC(=O)Cn2cnc3nc(N4CCCC(C(=O)NC5CC5)C4)sc3c2=O)c1. The molecule has 35 heavy (non-hydrogen) atoms. The summed E-state index contributed by atoms with van der Waals surface area (Å²) in [5.41, 5.74) is 0.970. The summed E-state index contributed by atoms with van der Waals surface area (Å²) in [4.78, 5) is 60.5. The number of carbonyl (C=O) groups is 3. The van der Waals surface area contributed by atoms with Crippen molar-refractivity contribution in [1.29, 1.82) is 0 Å². The fourth-order valence-electron chi connectivity index (χ4n) is 4.17. The van der Waals surface area contributed by atoms with E-state index in [1.54, 1.807) is 24.3 Å². The highest BCUT2D eigenvalue weighted by atomic mass is 32.1. The molecule has 3 heterocycles. The second kappa shape index (κ2) is 9.57. The van der Waals surface area contributed by atoms with Crippen LogP contribution in [0.4, 0.5) is 10.8 Å². The summed E-state index contributed by atoms with van der Waals surface area (Å²) in [6.45, 7) is 2.57. The van der Waals surface area contributed by atoms with E-state index < -0.39 is 5.91 Å². The lowest BCUT2D eigenvalue weighted by molar-refractivity contribution is -0.125. The van der Waals surface area contributed by atoms with Crippen molar-refractivity contribution >= 4 is 50.1 Å². The number of carbonyl (C=O) groups excluding carboxylic acids is 3. The van der Waals surface area contributed by atoms with Gasteiger partial charge in [0.1, 0.15) is 17.6 Å². The molecule has 2 fully saturated rings. The number of nitrogens with one attached hydrogen (secondary N) is 2. The first kappa shape index (κ1) is 23.2. The molecule has 1 atom stereocenters. The Bertz CT molecular complexity index is 1360. The Kier molecular flexibility index (Phi) is 6.33. The number of fused-ring (bicyclic) bond motifs is 1. The number of Topliss-reactive ketones (excluding diaryl/α,β-unsaturated/α-hetero) is 1. The molecule has 1 saturated carbocycles. The Morgan fingerprint density at radius 3 is 2.80 bits per heavy atom. The van der Waals surface area contributed by atoms with E-state index in [0.29, 0.717) is 39.3 Å². The number of benzene rings is 1. The van der Waals surface area contributed by atoms with Crippen molar-refractivity contribution in [3.05, 3.63) is 46.5 Å². The first-order valence-corrected chi connectivity index (χ1v) is 12.5. The molecule has 1 aliphatic heterocycles. The second-order valence-corrected chi connectivity index (χ2v) is 10.1. The lowest BCUT2D eigenvalue weighted by Crippen LogP contribution is -2.43. The van der Waals surface area contributed by atoms with Gasteiger partial charge in [-0.3, -0.25) is 23.7 Å². The predicted molar refractivity (Wildman–Crippen MR) is 133 cm³/mol. The van der Waals surface area contributed by atoms with E-state index in [4.69, 9.17) is 0 Å². The zero-order chi connectivity index (χ0) is 24.5. The van der Waals surface area contributed by atoms with Crippen LogP contribution in [0.15, 0.2) is 35.4 Å². The summed E-state index contributed by atoms with van der Waals surface area (Å²) in [7, 11) is 0. The molecule has 2 aromatic heterocycles. The summed E-state index contributed by atoms with van der Waals surface area (Å²) in [6, 6.07) is 6.97. The van der Waals surface area contributed by atoms with Gasteiger partial charge in [0.15, 0.2) is 16.6 Å². The monoisotopic (exact) mass is 494 g/mol. The number of anilines is 2. The highest BCUT2D eigenvalue weighted by Crippen LogP contribution is 2.30. The Morgan fingerprint density at radius 2 is 2.03 bits per heavy atom. The maximum absolute atomic E-state index is 13.0. The van der Waals surface area contributed by atoms with Gasteiger partial charge in [-0.05, 0) is 44.7 Å². The molecular formula is C24H26N6O4S. The highest BCUT2D eigenvalue weighted by Gasteiger charge is 2.31. The first-order chi connectivity index (χ1) is 16.9. The smallest absolute Gasteiger partial charge is 0.273 e. The Hall–Kier alpha value is -3.60. The van der Waals surface area contributed by atoms with Crippen molar-refractivity contribution in [1.82, 2.24) is 19.9 Å². The molecule has 1 aromatic carbocycles. The van der Waals surface area contributed by atoms with E-state index in [1.807, 2.05) is 4.90 Å². The largest absolute Gasteiger partial charge is 0.353 e. The van der Waals surface area contributed by atoms with Gasteiger partial charge in [-0.15, -0.1) is 0 Å². The van der Waals surface area contributed by atoms with Crippen LogP contribution >= 0.6 is 11.3 Å². The Labute approximate surface area is 205 Å². The fraction of sp³-hybridized carbons (Fsp3) is 0.417. The van der Waals surface area contributed by atoms with Gasteiger partial charge in [-0.2, -0.15) is 4.98 Å². The normalized spacial score (nSPS) is 17.9. The standard InChI is InChI=1S/C24H26N6O4S/c1-14(31)15-4-2-6-18(10-15)26-19(32)12-30-13-25-21-20(23(30)34)35-24(28-21)29-9-3-5-16(11-29)22(33)27-17-7-8-17/h2,4,6,10,13,16-17H,3,5,7-9,11-12H2,1H3,(H,26,32)(H,27,33). The molecule has 1 unspecified atom stereocenters. The van der Waals surface area contributed by atoms with Gasteiger partial charge in [-0.1, -0.05) is 23.5 Å². The maximum atomic E-state index is 13.0. The molecule has 1 saturated heterocycles. The van der Waals surface area contributed by atoms with Gasteiger partial charge in [0.25, 0.3) is 5.56 Å². The Balaban J connectivity index is 1.29. The van der Waals surface area contributed by atoms with Crippen LogP contribution in [0.2, 0.25) is 0 Å². The number of rotatable bonds is 7. The van der Waals surface area contributed by atoms with Crippen molar-refractivity contribution < 1.29 is 14.4 Å². The molecule has 5 rings (SSSR count). The van der Waals surface area contributed by atoms with E-state index in [1.165, 1.54) is 29.2 Å². The molecule has 0 radical (unpaired) electrons. The molecule has 2 amide bonds. The van der Waals surface area contributed by atoms with Crippen molar-refractivity contribution in [2.45, 2.75) is 45.2 Å². The van der Waals surface area contributed by atoms with Gasteiger partial charge in [-0.25, -0.2) is 4.98 Å². The summed E-state index contributed by atoms with van der Waals surface area (Å²) in [6.07, 6.45) is 5.15. The van der Waals surface area contributed by atoms with E-state index in [0.717, 1.165) is 32.2 Å². The average molecular weight is 495 g/mol. The lowest BCUT2D eigenvalue weighted by atomic mass is 9.97. The van der Waals surface area contributed by atoms with E-state index in [-0.39, 0.29) is 29.7 Å². The van der Waals surface area contributed by atoms with Crippen molar-refractivity contribution in [2.75, 3.05) is 23.3 Å². The zero-order valence-corrected chi connectivity index (χ0v) is 20.1. The van der Waals surface area contributed by atoms with Gasteiger partial charge in [0.05, 0.1) is 5.92 Å². The number of amides is 2. The number of aromatic nitrogens is 3. The van der Waals surface area contributed by atoms with Crippen LogP contribution < -0.4 is 21.1 Å². The van der Waals surface area contributed by atoms with Crippen LogP contribution in [0.1, 0.15) is 43.0 Å². The van der Waals surface area contributed by atoms with Crippen molar-refractivity contribution in [3.63, 3.8) is 0 Å². The summed E-state index contributed by atoms with van der Waals surface area (Å²) in [5.74, 6) is -0.499. The molecule has 0 spiro atoms. The number of thiazole rings is 1. The van der Waals surface area contributed by atoms with Crippen LogP contribution in [0.3, 0.4) is 0 Å². The molecule has 2 aliphatic rings. The second-order valence-electron chi connectivity index (χ2n) is 9.08. The van der Waals surface area contributed by atoms with Gasteiger partial charge in [0, 0.05) is 30.4 Å². The van der Waals surface area contributed by atoms with E-state index in [2.05, 4.69) is 20.6 Å². The van der Waals surface area contributed by atoms with Crippen LogP contribution in [-0.4, -0.2) is 51.3 Å². The number of nitrogens with zero attached hydrogens (tertiary/aromatic N) is 4. The molecular weight excluding hydrogens is 468 g/mol. The van der Waals surface area contributed by atoms with E-state index >= 15 is 0 Å².